The molecule has 2 aromatic rings. The quantitative estimate of drug-likeness (QED) is 0.561. The van der Waals surface area contributed by atoms with Crippen molar-refractivity contribution in [1.82, 2.24) is 24.6 Å². The average molecular weight is 499 g/mol. The lowest BCUT2D eigenvalue weighted by atomic mass is 9.96. The Bertz CT molecular complexity index is 1020. The summed E-state index contributed by atoms with van der Waals surface area (Å²) in [5.74, 6) is 1.21. The molecular weight excluding hydrogens is 464 g/mol. The van der Waals surface area contributed by atoms with Gasteiger partial charge in [-0.05, 0) is 44.7 Å². The standard InChI is InChI=1S/C25H34N6O3S/c1-2-31-21(17-30-14-8-4-7-11-22(30)32)27-28-25(31)35-18-23(33)29-15-12-19(13-16-29)24(34)26-20-9-5-3-6-10-20/h3,5-6,9-10,19H,2,4,7-8,11-18H2,1H3,(H,26,34). The Morgan fingerprint density at radius 2 is 1.83 bits per heavy atom. The first-order chi connectivity index (χ1) is 17.0. The topological polar surface area (TPSA) is 100 Å². The maximum atomic E-state index is 12.8. The number of rotatable bonds is 8. The van der Waals surface area contributed by atoms with Gasteiger partial charge in [0.1, 0.15) is 0 Å². The van der Waals surface area contributed by atoms with Gasteiger partial charge in [0.2, 0.25) is 17.7 Å². The van der Waals surface area contributed by atoms with Crippen molar-refractivity contribution in [1.29, 1.82) is 0 Å². The van der Waals surface area contributed by atoms with Crippen molar-refractivity contribution in [2.45, 2.75) is 63.7 Å². The second kappa shape index (κ2) is 12.2. The number of benzene rings is 1. The molecule has 2 aliphatic heterocycles. The summed E-state index contributed by atoms with van der Waals surface area (Å²) in [6.07, 6.45) is 4.98. The highest BCUT2D eigenvalue weighted by atomic mass is 32.2. The number of likely N-dealkylation sites (tertiary alicyclic amines) is 2. The van der Waals surface area contributed by atoms with Crippen LogP contribution in [0, 0.1) is 5.92 Å². The van der Waals surface area contributed by atoms with Gasteiger partial charge in [-0.25, -0.2) is 0 Å². The summed E-state index contributed by atoms with van der Waals surface area (Å²) >= 11 is 1.39. The van der Waals surface area contributed by atoms with Crippen LogP contribution in [0.1, 0.15) is 51.3 Å². The summed E-state index contributed by atoms with van der Waals surface area (Å²) in [7, 11) is 0. The number of amides is 3. The highest BCUT2D eigenvalue weighted by Gasteiger charge is 2.28. The van der Waals surface area contributed by atoms with E-state index in [1.807, 2.05) is 51.6 Å². The lowest BCUT2D eigenvalue weighted by molar-refractivity contribution is -0.132. The number of piperidine rings is 1. The number of hydrogen-bond acceptors (Lipinski definition) is 6. The molecule has 0 saturated carbocycles. The van der Waals surface area contributed by atoms with E-state index in [2.05, 4.69) is 15.5 Å². The van der Waals surface area contributed by atoms with Crippen LogP contribution in [0.2, 0.25) is 0 Å². The predicted octanol–water partition coefficient (Wildman–Crippen LogP) is 3.17. The van der Waals surface area contributed by atoms with Gasteiger partial charge in [-0.2, -0.15) is 0 Å². The first kappa shape index (κ1) is 25.2. The minimum atomic E-state index is -0.0839. The second-order valence-corrected chi connectivity index (χ2v) is 10.0. The van der Waals surface area contributed by atoms with Crippen molar-refractivity contribution in [2.24, 2.45) is 5.92 Å². The van der Waals surface area contributed by atoms with E-state index in [1.54, 1.807) is 0 Å². The fourth-order valence-corrected chi connectivity index (χ4v) is 5.54. The molecule has 188 valence electrons. The molecule has 3 amide bonds. The zero-order valence-electron chi connectivity index (χ0n) is 20.3. The molecule has 0 radical (unpaired) electrons. The van der Waals surface area contributed by atoms with Crippen molar-refractivity contribution in [3.63, 3.8) is 0 Å². The number of nitrogens with zero attached hydrogens (tertiary/aromatic N) is 5. The molecule has 0 bridgehead atoms. The second-order valence-electron chi connectivity index (χ2n) is 9.07. The third-order valence-electron chi connectivity index (χ3n) is 6.70. The Morgan fingerprint density at radius 3 is 2.57 bits per heavy atom. The third-order valence-corrected chi connectivity index (χ3v) is 7.65. The van der Waals surface area contributed by atoms with Gasteiger partial charge in [0.15, 0.2) is 11.0 Å². The van der Waals surface area contributed by atoms with E-state index >= 15 is 0 Å². The van der Waals surface area contributed by atoms with Gasteiger partial charge < -0.3 is 19.7 Å². The highest BCUT2D eigenvalue weighted by molar-refractivity contribution is 7.99. The Morgan fingerprint density at radius 1 is 1.06 bits per heavy atom. The summed E-state index contributed by atoms with van der Waals surface area (Å²) < 4.78 is 2.00. The Labute approximate surface area is 210 Å². The number of aromatic nitrogens is 3. The van der Waals surface area contributed by atoms with Crippen LogP contribution in [0.3, 0.4) is 0 Å². The van der Waals surface area contributed by atoms with Crippen LogP contribution in [-0.2, 0) is 27.5 Å². The minimum absolute atomic E-state index is 0.0177. The molecule has 35 heavy (non-hydrogen) atoms. The number of hydrogen-bond donors (Lipinski definition) is 1. The van der Waals surface area contributed by atoms with Crippen molar-refractivity contribution in [3.8, 4) is 0 Å². The normalized spacial score (nSPS) is 17.3. The van der Waals surface area contributed by atoms with E-state index in [9.17, 15) is 14.4 Å². The number of nitrogens with one attached hydrogen (secondary N) is 1. The molecule has 4 rings (SSSR count). The molecule has 1 aromatic carbocycles. The molecule has 2 fully saturated rings. The Kier molecular flexibility index (Phi) is 8.79. The SMILES string of the molecule is CCn1c(CN2CCCCCC2=O)nnc1SCC(=O)N1CCC(C(=O)Nc2ccccc2)CC1. The molecule has 2 saturated heterocycles. The monoisotopic (exact) mass is 498 g/mol. The van der Waals surface area contributed by atoms with Gasteiger partial charge in [-0.1, -0.05) is 36.4 Å². The van der Waals surface area contributed by atoms with E-state index in [1.165, 1.54) is 11.8 Å². The molecule has 1 aromatic heterocycles. The smallest absolute Gasteiger partial charge is 0.233 e. The number of carbonyl (C=O) groups is 3. The largest absolute Gasteiger partial charge is 0.342 e. The molecule has 0 unspecified atom stereocenters. The number of carbonyl (C=O) groups excluding carboxylic acids is 3. The van der Waals surface area contributed by atoms with Gasteiger partial charge in [-0.3, -0.25) is 14.4 Å². The van der Waals surface area contributed by atoms with Crippen LogP contribution in [-0.4, -0.2) is 67.7 Å². The van der Waals surface area contributed by atoms with Crippen LogP contribution in [0.5, 0.6) is 0 Å². The fourth-order valence-electron chi connectivity index (χ4n) is 4.61. The van der Waals surface area contributed by atoms with Crippen molar-refractivity contribution < 1.29 is 14.4 Å². The van der Waals surface area contributed by atoms with Gasteiger partial charge in [-0.15, -0.1) is 10.2 Å². The summed E-state index contributed by atoms with van der Waals surface area (Å²) in [5, 5.41) is 12.3. The number of para-hydroxylation sites is 1. The van der Waals surface area contributed by atoms with Crippen LogP contribution in [0.25, 0.3) is 0 Å². The predicted molar refractivity (Wildman–Crippen MR) is 135 cm³/mol. The Balaban J connectivity index is 1.26. The summed E-state index contributed by atoms with van der Waals surface area (Å²) in [6, 6.07) is 9.45. The van der Waals surface area contributed by atoms with Crippen molar-refractivity contribution in [2.75, 3.05) is 30.7 Å². The summed E-state index contributed by atoms with van der Waals surface area (Å²) in [5.41, 5.74) is 0.798. The third kappa shape index (κ3) is 6.62. The zero-order chi connectivity index (χ0) is 24.6. The van der Waals surface area contributed by atoms with E-state index < -0.39 is 0 Å². The van der Waals surface area contributed by atoms with Gasteiger partial charge in [0.25, 0.3) is 0 Å². The molecule has 9 nitrogen and oxygen atoms in total. The van der Waals surface area contributed by atoms with Crippen molar-refractivity contribution >= 4 is 35.2 Å². The Hall–Kier alpha value is -2.88. The van der Waals surface area contributed by atoms with E-state index in [-0.39, 0.29) is 29.4 Å². The molecule has 0 spiro atoms. The van der Waals surface area contributed by atoms with Gasteiger partial charge in [0.05, 0.1) is 12.3 Å². The first-order valence-corrected chi connectivity index (χ1v) is 13.5. The van der Waals surface area contributed by atoms with E-state index in [0.717, 1.165) is 37.3 Å². The average Bonchev–Trinajstić information content (AvgIpc) is 3.16. The highest BCUT2D eigenvalue weighted by Crippen LogP contribution is 2.23. The van der Waals surface area contributed by atoms with Crippen LogP contribution >= 0.6 is 11.8 Å². The molecule has 10 heteroatoms. The van der Waals surface area contributed by atoms with E-state index in [4.69, 9.17) is 0 Å². The van der Waals surface area contributed by atoms with Crippen LogP contribution in [0.15, 0.2) is 35.5 Å². The molecule has 0 aliphatic carbocycles. The zero-order valence-corrected chi connectivity index (χ0v) is 21.1. The lowest BCUT2D eigenvalue weighted by Gasteiger charge is -2.31. The fraction of sp³-hybridized carbons (Fsp3) is 0.560. The minimum Gasteiger partial charge on any atom is -0.342 e. The molecular formula is C25H34N6O3S. The van der Waals surface area contributed by atoms with Crippen molar-refractivity contribution in [3.05, 3.63) is 36.2 Å². The van der Waals surface area contributed by atoms with Gasteiger partial charge in [0, 0.05) is 44.2 Å². The number of thioether (sulfide) groups is 1. The summed E-state index contributed by atoms with van der Waals surface area (Å²) in [4.78, 5) is 41.5. The first-order valence-electron chi connectivity index (χ1n) is 12.5. The van der Waals surface area contributed by atoms with Gasteiger partial charge >= 0.3 is 0 Å². The van der Waals surface area contributed by atoms with E-state index in [0.29, 0.717) is 50.6 Å². The molecule has 3 heterocycles. The number of anilines is 1. The molecule has 2 aliphatic rings. The maximum absolute atomic E-state index is 12.8. The molecule has 0 atom stereocenters. The van der Waals surface area contributed by atoms with Crippen LogP contribution < -0.4 is 5.32 Å². The summed E-state index contributed by atoms with van der Waals surface area (Å²) in [6.45, 7) is 5.09. The molecule has 1 N–H and O–H groups in total. The maximum Gasteiger partial charge on any atom is 0.233 e. The lowest BCUT2D eigenvalue weighted by Crippen LogP contribution is -2.42. The van der Waals surface area contributed by atoms with Crippen LogP contribution in [0.4, 0.5) is 5.69 Å².